The number of halogens is 3. The first-order valence-corrected chi connectivity index (χ1v) is 9.55. The number of ether oxygens (including phenoxy) is 1. The Kier molecular flexibility index (Phi) is 7.25. The lowest BCUT2D eigenvalue weighted by Gasteiger charge is -2.09. The molecule has 1 amide bonds. The maximum Gasteiger partial charge on any atom is 0.411 e. The van der Waals surface area contributed by atoms with Crippen molar-refractivity contribution in [2.45, 2.75) is 25.9 Å². The van der Waals surface area contributed by atoms with Crippen molar-refractivity contribution in [1.82, 2.24) is 9.88 Å². The van der Waals surface area contributed by atoms with Gasteiger partial charge in [-0.25, -0.2) is 0 Å². The first-order chi connectivity index (χ1) is 14.8. The summed E-state index contributed by atoms with van der Waals surface area (Å²) in [6.07, 6.45) is -2.64. The number of amides is 1. The largest absolute Gasteiger partial charge is 0.411 e. The van der Waals surface area contributed by atoms with Gasteiger partial charge in [-0.1, -0.05) is 42.5 Å². The van der Waals surface area contributed by atoms with Crippen LogP contribution in [0.4, 0.5) is 13.2 Å². The van der Waals surface area contributed by atoms with Gasteiger partial charge in [-0.15, -0.1) is 0 Å². The van der Waals surface area contributed by atoms with E-state index in [0.29, 0.717) is 24.2 Å². The second-order valence-corrected chi connectivity index (χ2v) is 6.97. The van der Waals surface area contributed by atoms with Crippen LogP contribution in [0.15, 0.2) is 77.7 Å². The van der Waals surface area contributed by atoms with E-state index in [-0.39, 0.29) is 18.1 Å². The van der Waals surface area contributed by atoms with E-state index in [9.17, 15) is 22.8 Å². The molecular formula is C23H21F3N2O3. The number of alkyl halides is 3. The molecule has 0 spiro atoms. The summed E-state index contributed by atoms with van der Waals surface area (Å²) in [6, 6.07) is 18.8. The smallest absolute Gasteiger partial charge is 0.367 e. The van der Waals surface area contributed by atoms with Gasteiger partial charge in [0, 0.05) is 24.4 Å². The van der Waals surface area contributed by atoms with Crippen LogP contribution >= 0.6 is 0 Å². The fourth-order valence-corrected chi connectivity index (χ4v) is 2.87. The van der Waals surface area contributed by atoms with E-state index in [1.807, 2.05) is 24.3 Å². The molecule has 0 atom stereocenters. The summed E-state index contributed by atoms with van der Waals surface area (Å²) >= 11 is 0. The fraction of sp³-hybridized carbons (Fsp3) is 0.217. The van der Waals surface area contributed by atoms with Gasteiger partial charge in [0.2, 0.25) is 0 Å². The predicted octanol–water partition coefficient (Wildman–Crippen LogP) is 3.91. The molecule has 0 radical (unpaired) electrons. The van der Waals surface area contributed by atoms with Crippen LogP contribution in [0.2, 0.25) is 0 Å². The maximum atomic E-state index is 12.3. The minimum absolute atomic E-state index is 0.0724. The van der Waals surface area contributed by atoms with E-state index < -0.39 is 12.8 Å². The molecular weight excluding hydrogens is 409 g/mol. The Hall–Kier alpha value is -3.39. The number of carbonyl (C=O) groups is 1. The van der Waals surface area contributed by atoms with Crippen LogP contribution in [0.1, 0.15) is 27.0 Å². The van der Waals surface area contributed by atoms with Crippen LogP contribution in [0, 0.1) is 0 Å². The van der Waals surface area contributed by atoms with Gasteiger partial charge in [-0.2, -0.15) is 13.2 Å². The van der Waals surface area contributed by atoms with E-state index in [0.717, 1.165) is 11.1 Å². The molecule has 0 aliphatic rings. The van der Waals surface area contributed by atoms with Crippen LogP contribution in [0.5, 0.6) is 0 Å². The second kappa shape index (κ2) is 10.1. The van der Waals surface area contributed by atoms with E-state index in [1.54, 1.807) is 47.2 Å². The lowest BCUT2D eigenvalue weighted by molar-refractivity contribution is -0.176. The lowest BCUT2D eigenvalue weighted by Crippen LogP contribution is -2.22. The van der Waals surface area contributed by atoms with Gasteiger partial charge in [-0.05, 0) is 34.9 Å². The van der Waals surface area contributed by atoms with Gasteiger partial charge >= 0.3 is 6.18 Å². The summed E-state index contributed by atoms with van der Waals surface area (Å²) in [5.74, 6) is -0.289. The second-order valence-electron chi connectivity index (χ2n) is 6.97. The molecule has 0 saturated heterocycles. The van der Waals surface area contributed by atoms with E-state index in [4.69, 9.17) is 0 Å². The molecule has 0 saturated carbocycles. The fourth-order valence-electron chi connectivity index (χ4n) is 2.87. The van der Waals surface area contributed by atoms with Gasteiger partial charge in [0.1, 0.15) is 6.61 Å². The van der Waals surface area contributed by atoms with Crippen molar-refractivity contribution < 1.29 is 22.7 Å². The summed E-state index contributed by atoms with van der Waals surface area (Å²) in [7, 11) is 0. The van der Waals surface area contributed by atoms with Crippen molar-refractivity contribution in [3.63, 3.8) is 0 Å². The van der Waals surface area contributed by atoms with Crippen LogP contribution in [0.25, 0.3) is 0 Å². The molecule has 2 aromatic carbocycles. The number of benzene rings is 2. The molecule has 0 aliphatic carbocycles. The van der Waals surface area contributed by atoms with E-state index >= 15 is 0 Å². The third-order valence-electron chi connectivity index (χ3n) is 4.48. The summed E-state index contributed by atoms with van der Waals surface area (Å²) in [4.78, 5) is 24.1. The van der Waals surface area contributed by atoms with Crippen molar-refractivity contribution in [2.75, 3.05) is 6.61 Å². The highest BCUT2D eigenvalue weighted by atomic mass is 19.4. The van der Waals surface area contributed by atoms with Gasteiger partial charge in [0.05, 0.1) is 13.2 Å². The number of pyridine rings is 1. The summed E-state index contributed by atoms with van der Waals surface area (Å²) in [5, 5.41) is 2.80. The van der Waals surface area contributed by atoms with Crippen LogP contribution < -0.4 is 10.9 Å². The van der Waals surface area contributed by atoms with Crippen molar-refractivity contribution in [2.24, 2.45) is 0 Å². The molecule has 162 valence electrons. The van der Waals surface area contributed by atoms with E-state index in [1.165, 1.54) is 6.07 Å². The normalized spacial score (nSPS) is 11.3. The monoisotopic (exact) mass is 430 g/mol. The number of carbonyl (C=O) groups excluding carboxylic acids is 1. The summed E-state index contributed by atoms with van der Waals surface area (Å²) < 4.78 is 42.5. The minimum atomic E-state index is -4.36. The molecule has 8 heteroatoms. The zero-order valence-corrected chi connectivity index (χ0v) is 16.6. The van der Waals surface area contributed by atoms with E-state index in [2.05, 4.69) is 10.1 Å². The third-order valence-corrected chi connectivity index (χ3v) is 4.48. The molecule has 0 bridgehead atoms. The first kappa shape index (κ1) is 22.3. The maximum absolute atomic E-state index is 12.3. The zero-order chi connectivity index (χ0) is 22.3. The lowest BCUT2D eigenvalue weighted by atomic mass is 10.1. The molecule has 0 unspecified atom stereocenters. The summed E-state index contributed by atoms with van der Waals surface area (Å²) in [6.45, 7) is -0.703. The number of hydrogen-bond acceptors (Lipinski definition) is 3. The van der Waals surface area contributed by atoms with Crippen LogP contribution in [-0.4, -0.2) is 23.3 Å². The molecule has 3 rings (SSSR count). The third kappa shape index (κ3) is 7.11. The topological polar surface area (TPSA) is 60.3 Å². The van der Waals surface area contributed by atoms with Crippen molar-refractivity contribution in [3.8, 4) is 0 Å². The van der Waals surface area contributed by atoms with Gasteiger partial charge < -0.3 is 14.6 Å². The molecule has 0 aliphatic heterocycles. The molecule has 5 nitrogen and oxygen atoms in total. The van der Waals surface area contributed by atoms with Gasteiger partial charge in [0.25, 0.3) is 11.5 Å². The number of aromatic nitrogens is 1. The first-order valence-electron chi connectivity index (χ1n) is 9.55. The molecule has 0 fully saturated rings. The highest BCUT2D eigenvalue weighted by Gasteiger charge is 2.27. The quantitative estimate of drug-likeness (QED) is 0.590. The summed E-state index contributed by atoms with van der Waals surface area (Å²) in [5.41, 5.74) is 2.74. The average molecular weight is 430 g/mol. The zero-order valence-electron chi connectivity index (χ0n) is 16.6. The van der Waals surface area contributed by atoms with Gasteiger partial charge in [-0.3, -0.25) is 9.59 Å². The van der Waals surface area contributed by atoms with Crippen LogP contribution in [-0.2, 0) is 24.4 Å². The Morgan fingerprint density at radius 3 is 2.19 bits per heavy atom. The molecule has 1 aromatic heterocycles. The molecule has 1 N–H and O–H groups in total. The Morgan fingerprint density at radius 2 is 1.55 bits per heavy atom. The number of nitrogens with one attached hydrogen (secondary N) is 1. The Bertz CT molecular complexity index is 1060. The number of hydrogen-bond donors (Lipinski definition) is 1. The predicted molar refractivity (Wildman–Crippen MR) is 110 cm³/mol. The number of nitrogens with zero attached hydrogens (tertiary/aromatic N) is 1. The van der Waals surface area contributed by atoms with Crippen molar-refractivity contribution in [3.05, 3.63) is 106 Å². The highest BCUT2D eigenvalue weighted by Crippen LogP contribution is 2.16. The highest BCUT2D eigenvalue weighted by molar-refractivity contribution is 5.94. The Morgan fingerprint density at radius 1 is 0.903 bits per heavy atom. The van der Waals surface area contributed by atoms with Crippen molar-refractivity contribution >= 4 is 5.91 Å². The van der Waals surface area contributed by atoms with Crippen LogP contribution in [0.3, 0.4) is 0 Å². The molecule has 3 aromatic rings. The molecule has 31 heavy (non-hydrogen) atoms. The number of rotatable bonds is 8. The average Bonchev–Trinajstić information content (AvgIpc) is 2.74. The minimum Gasteiger partial charge on any atom is -0.367 e. The molecule has 1 heterocycles. The van der Waals surface area contributed by atoms with Gasteiger partial charge in [0.15, 0.2) is 0 Å². The SMILES string of the molecule is O=C(NCc1ccc(Cn2ccccc2=O)cc1)c1ccc(COCC(F)(F)F)cc1. The Balaban J connectivity index is 1.49. The Labute approximate surface area is 177 Å². The van der Waals surface area contributed by atoms with Crippen molar-refractivity contribution in [1.29, 1.82) is 0 Å². The standard InChI is InChI=1S/C23H21F3N2O3/c24-23(25,26)16-31-15-19-8-10-20(11-9-19)22(30)27-13-17-4-6-18(7-5-17)14-28-12-2-1-3-21(28)29/h1-12H,13-16H2,(H,27,30).